The van der Waals surface area contributed by atoms with Crippen molar-refractivity contribution in [2.24, 2.45) is 5.92 Å². The second-order valence-corrected chi connectivity index (χ2v) is 7.09. The average molecular weight is 333 g/mol. The predicted octanol–water partition coefficient (Wildman–Crippen LogP) is 3.59. The summed E-state index contributed by atoms with van der Waals surface area (Å²) >= 11 is 0. The molecule has 1 fully saturated rings. The Kier molecular flexibility index (Phi) is 5.86. The number of likely N-dealkylation sites (tertiary alicyclic amines) is 1. The summed E-state index contributed by atoms with van der Waals surface area (Å²) in [6.45, 7) is 8.55. The van der Waals surface area contributed by atoms with E-state index in [1.165, 1.54) is 0 Å². The Morgan fingerprint density at radius 1 is 1.21 bits per heavy atom. The van der Waals surface area contributed by atoms with E-state index >= 15 is 0 Å². The van der Waals surface area contributed by atoms with Crippen LogP contribution in [0.4, 0.5) is 4.79 Å². The van der Waals surface area contributed by atoms with Crippen molar-refractivity contribution in [3.05, 3.63) is 35.9 Å². The van der Waals surface area contributed by atoms with Crippen molar-refractivity contribution in [1.82, 2.24) is 4.90 Å². The van der Waals surface area contributed by atoms with Gasteiger partial charge in [-0.1, -0.05) is 30.3 Å². The summed E-state index contributed by atoms with van der Waals surface area (Å²) in [6, 6.07) is 9.95. The van der Waals surface area contributed by atoms with E-state index in [0.29, 0.717) is 26.1 Å². The maximum atomic E-state index is 12.4. The van der Waals surface area contributed by atoms with Crippen molar-refractivity contribution < 1.29 is 19.1 Å². The highest BCUT2D eigenvalue weighted by atomic mass is 16.6. The summed E-state index contributed by atoms with van der Waals surface area (Å²) in [6.07, 6.45) is 0.343. The first-order valence-electron chi connectivity index (χ1n) is 8.51. The second kappa shape index (κ2) is 7.69. The summed E-state index contributed by atoms with van der Waals surface area (Å²) in [5.41, 5.74) is 0.562. The highest BCUT2D eigenvalue weighted by molar-refractivity contribution is 5.76. The summed E-state index contributed by atoms with van der Waals surface area (Å²) in [5, 5.41) is 0. The normalized spacial score (nSPS) is 21.2. The summed E-state index contributed by atoms with van der Waals surface area (Å²) in [7, 11) is 0. The summed E-state index contributed by atoms with van der Waals surface area (Å²) in [4.78, 5) is 26.4. The molecule has 5 nitrogen and oxygen atoms in total. The first kappa shape index (κ1) is 18.3. The molecular formula is C19H27NO4. The fraction of sp³-hybridized carbons (Fsp3) is 0.579. The Bertz CT molecular complexity index is 564. The molecule has 0 saturated carbocycles. The zero-order valence-electron chi connectivity index (χ0n) is 15.0. The van der Waals surface area contributed by atoms with Crippen molar-refractivity contribution in [2.75, 3.05) is 19.7 Å². The standard InChI is InChI=1S/C19H27NO4/c1-5-23-17(21)16-13-20(18(22)24-19(2,3)4)12-11-15(16)14-9-7-6-8-10-14/h6-10,15-16H,5,11-13H2,1-4H3/t15-,16+/m0/s1. The molecule has 0 bridgehead atoms. The van der Waals surface area contributed by atoms with Crippen LogP contribution in [0, 0.1) is 5.92 Å². The van der Waals surface area contributed by atoms with Gasteiger partial charge in [-0.3, -0.25) is 4.79 Å². The van der Waals surface area contributed by atoms with Gasteiger partial charge in [0.2, 0.25) is 0 Å². The van der Waals surface area contributed by atoms with E-state index in [4.69, 9.17) is 9.47 Å². The van der Waals surface area contributed by atoms with E-state index in [1.807, 2.05) is 51.1 Å². The maximum absolute atomic E-state index is 12.4. The zero-order valence-corrected chi connectivity index (χ0v) is 15.0. The van der Waals surface area contributed by atoms with Gasteiger partial charge < -0.3 is 14.4 Å². The van der Waals surface area contributed by atoms with Crippen molar-refractivity contribution in [3.63, 3.8) is 0 Å². The Hall–Kier alpha value is -2.04. The first-order chi connectivity index (χ1) is 11.3. The maximum Gasteiger partial charge on any atom is 0.410 e. The Labute approximate surface area is 143 Å². The minimum Gasteiger partial charge on any atom is -0.466 e. The van der Waals surface area contributed by atoms with Gasteiger partial charge in [0.05, 0.1) is 12.5 Å². The van der Waals surface area contributed by atoms with Gasteiger partial charge in [-0.05, 0) is 39.7 Å². The number of rotatable bonds is 3. The highest BCUT2D eigenvalue weighted by Gasteiger charge is 2.38. The number of benzene rings is 1. The fourth-order valence-electron chi connectivity index (χ4n) is 3.03. The molecule has 1 amide bonds. The van der Waals surface area contributed by atoms with E-state index in [0.717, 1.165) is 5.56 Å². The highest BCUT2D eigenvalue weighted by Crippen LogP contribution is 2.34. The lowest BCUT2D eigenvalue weighted by Gasteiger charge is -2.38. The van der Waals surface area contributed by atoms with Crippen molar-refractivity contribution in [1.29, 1.82) is 0 Å². The van der Waals surface area contributed by atoms with Gasteiger partial charge in [0.25, 0.3) is 0 Å². The number of carbonyl (C=O) groups excluding carboxylic acids is 2. The second-order valence-electron chi connectivity index (χ2n) is 7.09. The topological polar surface area (TPSA) is 55.8 Å². The lowest BCUT2D eigenvalue weighted by atomic mass is 9.80. The largest absolute Gasteiger partial charge is 0.466 e. The van der Waals surface area contributed by atoms with Gasteiger partial charge in [0.1, 0.15) is 5.60 Å². The predicted molar refractivity (Wildman–Crippen MR) is 91.7 cm³/mol. The number of amides is 1. The van der Waals surface area contributed by atoms with Crippen molar-refractivity contribution >= 4 is 12.1 Å². The van der Waals surface area contributed by atoms with Crippen LogP contribution in [0.15, 0.2) is 30.3 Å². The monoisotopic (exact) mass is 333 g/mol. The first-order valence-corrected chi connectivity index (χ1v) is 8.51. The minimum atomic E-state index is -0.549. The van der Waals surface area contributed by atoms with E-state index in [9.17, 15) is 9.59 Å². The third-order valence-electron chi connectivity index (χ3n) is 4.08. The number of esters is 1. The van der Waals surface area contributed by atoms with Crippen LogP contribution in [-0.4, -0.2) is 42.3 Å². The molecule has 0 aliphatic carbocycles. The molecule has 0 unspecified atom stereocenters. The lowest BCUT2D eigenvalue weighted by molar-refractivity contribution is -0.150. The van der Waals surface area contributed by atoms with Crippen LogP contribution in [0.5, 0.6) is 0 Å². The SMILES string of the molecule is CCOC(=O)[C@@H]1CN(C(=O)OC(C)(C)C)CC[C@H]1c1ccccc1. The summed E-state index contributed by atoms with van der Waals surface area (Å²) in [5.74, 6) is -0.558. The average Bonchev–Trinajstić information content (AvgIpc) is 2.54. The van der Waals surface area contributed by atoms with E-state index in [2.05, 4.69) is 0 Å². The molecule has 1 aliphatic heterocycles. The molecule has 2 atom stereocenters. The van der Waals surface area contributed by atoms with Crippen LogP contribution in [0.3, 0.4) is 0 Å². The van der Waals surface area contributed by atoms with Crippen LogP contribution >= 0.6 is 0 Å². The summed E-state index contributed by atoms with van der Waals surface area (Å²) < 4.78 is 10.7. The van der Waals surface area contributed by atoms with Gasteiger partial charge in [-0.2, -0.15) is 0 Å². The molecule has 24 heavy (non-hydrogen) atoms. The van der Waals surface area contributed by atoms with Crippen molar-refractivity contribution in [3.8, 4) is 0 Å². The van der Waals surface area contributed by atoms with Gasteiger partial charge in [0, 0.05) is 19.0 Å². The molecule has 5 heteroatoms. The molecule has 0 aromatic heterocycles. The molecule has 0 N–H and O–H groups in total. The number of piperidine rings is 1. The molecule has 2 rings (SSSR count). The Morgan fingerprint density at radius 2 is 1.88 bits per heavy atom. The molecule has 1 aromatic rings. The van der Waals surface area contributed by atoms with Crippen molar-refractivity contribution in [2.45, 2.75) is 45.6 Å². The van der Waals surface area contributed by atoms with E-state index in [1.54, 1.807) is 11.8 Å². The Morgan fingerprint density at radius 3 is 2.46 bits per heavy atom. The molecule has 1 aromatic carbocycles. The minimum absolute atomic E-state index is 0.0592. The fourth-order valence-corrected chi connectivity index (χ4v) is 3.03. The Balaban J connectivity index is 2.16. The molecule has 1 heterocycles. The zero-order chi connectivity index (χ0) is 17.7. The van der Waals surface area contributed by atoms with Crippen LogP contribution < -0.4 is 0 Å². The lowest BCUT2D eigenvalue weighted by Crippen LogP contribution is -2.47. The van der Waals surface area contributed by atoms with Gasteiger partial charge in [0.15, 0.2) is 0 Å². The number of hydrogen-bond donors (Lipinski definition) is 0. The van der Waals surface area contributed by atoms with E-state index < -0.39 is 5.60 Å². The third kappa shape index (κ3) is 4.73. The van der Waals surface area contributed by atoms with Gasteiger partial charge in [-0.25, -0.2) is 4.79 Å². The van der Waals surface area contributed by atoms with Crippen LogP contribution in [0.1, 0.15) is 45.6 Å². The number of nitrogens with zero attached hydrogens (tertiary/aromatic N) is 1. The van der Waals surface area contributed by atoms with Crippen LogP contribution in [0.2, 0.25) is 0 Å². The number of carbonyl (C=O) groups is 2. The van der Waals surface area contributed by atoms with Crippen LogP contribution in [0.25, 0.3) is 0 Å². The molecule has 1 saturated heterocycles. The number of ether oxygens (including phenoxy) is 2. The molecule has 1 aliphatic rings. The molecule has 0 spiro atoms. The van der Waals surface area contributed by atoms with Gasteiger partial charge >= 0.3 is 12.1 Å². The molecule has 132 valence electrons. The smallest absolute Gasteiger partial charge is 0.410 e. The number of hydrogen-bond acceptors (Lipinski definition) is 4. The van der Waals surface area contributed by atoms with E-state index in [-0.39, 0.29) is 23.9 Å². The molecule has 0 radical (unpaired) electrons. The third-order valence-corrected chi connectivity index (χ3v) is 4.08. The van der Waals surface area contributed by atoms with Crippen LogP contribution in [-0.2, 0) is 14.3 Å². The molecular weight excluding hydrogens is 306 g/mol. The quantitative estimate of drug-likeness (QED) is 0.793. The van der Waals surface area contributed by atoms with Gasteiger partial charge in [-0.15, -0.1) is 0 Å².